The summed E-state index contributed by atoms with van der Waals surface area (Å²) >= 11 is 1.49. The highest BCUT2D eigenvalue weighted by molar-refractivity contribution is 7.91. The van der Waals surface area contributed by atoms with Gasteiger partial charge in [0, 0.05) is 22.5 Å². The summed E-state index contributed by atoms with van der Waals surface area (Å²) in [4.78, 5) is 16.0. The highest BCUT2D eigenvalue weighted by atomic mass is 32.2. The number of amides is 1. The van der Waals surface area contributed by atoms with E-state index < -0.39 is 31.6 Å². The van der Waals surface area contributed by atoms with Gasteiger partial charge in [-0.25, -0.2) is 16.8 Å². The summed E-state index contributed by atoms with van der Waals surface area (Å²) in [5.74, 6) is -0.0836. The minimum Gasteiger partial charge on any atom is -0.355 e. The molecule has 3 heterocycles. The van der Waals surface area contributed by atoms with Gasteiger partial charge < -0.3 is 9.42 Å². The van der Waals surface area contributed by atoms with E-state index in [1.54, 1.807) is 24.0 Å². The van der Waals surface area contributed by atoms with E-state index in [9.17, 15) is 21.6 Å². The second kappa shape index (κ2) is 8.80. The average Bonchev–Trinajstić information content (AvgIpc) is 3.53. The van der Waals surface area contributed by atoms with Crippen LogP contribution in [0.1, 0.15) is 28.7 Å². The highest BCUT2D eigenvalue weighted by Gasteiger charge is 2.36. The van der Waals surface area contributed by atoms with E-state index in [0.717, 1.165) is 4.88 Å². The quantitative estimate of drug-likeness (QED) is 0.496. The second-order valence-corrected chi connectivity index (χ2v) is 13.1. The predicted octanol–water partition coefficient (Wildman–Crippen LogP) is 3.03. The van der Waals surface area contributed by atoms with Gasteiger partial charge in [-0.15, -0.1) is 11.3 Å². The maximum absolute atomic E-state index is 13.3. The van der Waals surface area contributed by atoms with E-state index in [2.05, 4.69) is 5.16 Å². The molecule has 0 saturated carbocycles. The summed E-state index contributed by atoms with van der Waals surface area (Å²) in [6, 6.07) is 11.0. The van der Waals surface area contributed by atoms with Crippen molar-refractivity contribution in [1.29, 1.82) is 0 Å². The number of benzene rings is 1. The van der Waals surface area contributed by atoms with Crippen LogP contribution < -0.4 is 0 Å². The van der Waals surface area contributed by atoms with Crippen LogP contribution in [0.2, 0.25) is 0 Å². The van der Waals surface area contributed by atoms with Crippen LogP contribution in [-0.2, 0) is 26.2 Å². The number of carbonyl (C=O) groups is 1. The molecule has 4 rings (SSSR count). The van der Waals surface area contributed by atoms with Gasteiger partial charge in [-0.2, -0.15) is 0 Å². The molecule has 3 aromatic rings. The van der Waals surface area contributed by atoms with E-state index >= 15 is 0 Å². The number of hydrogen-bond acceptors (Lipinski definition) is 8. The first kappa shape index (κ1) is 22.7. The zero-order chi connectivity index (χ0) is 22.9. The number of hydrogen-bond donors (Lipinski definition) is 0. The highest BCUT2D eigenvalue weighted by Crippen LogP contribution is 2.26. The summed E-state index contributed by atoms with van der Waals surface area (Å²) in [6.45, 7) is 1.87. The Bertz CT molecular complexity index is 1310. The third kappa shape index (κ3) is 4.79. The largest absolute Gasteiger partial charge is 0.355 e. The number of carbonyl (C=O) groups excluding carboxylic acids is 1. The fourth-order valence-corrected chi connectivity index (χ4v) is 6.93. The predicted molar refractivity (Wildman–Crippen MR) is 121 cm³/mol. The van der Waals surface area contributed by atoms with Crippen LogP contribution in [0.3, 0.4) is 0 Å². The van der Waals surface area contributed by atoms with Gasteiger partial charge in [0.05, 0.1) is 28.7 Å². The Kier molecular flexibility index (Phi) is 6.24. The molecule has 1 aliphatic rings. The molecule has 0 bridgehead atoms. The van der Waals surface area contributed by atoms with Crippen molar-refractivity contribution in [3.05, 3.63) is 58.4 Å². The Morgan fingerprint density at radius 1 is 1.25 bits per heavy atom. The van der Waals surface area contributed by atoms with Crippen molar-refractivity contribution in [2.24, 2.45) is 0 Å². The Morgan fingerprint density at radius 2 is 2.00 bits per heavy atom. The second-order valence-electron chi connectivity index (χ2n) is 7.57. The third-order valence-corrected chi connectivity index (χ3v) is 9.79. The summed E-state index contributed by atoms with van der Waals surface area (Å²) in [6.07, 6.45) is 0.386. The van der Waals surface area contributed by atoms with Crippen molar-refractivity contribution in [1.82, 2.24) is 10.1 Å². The molecular weight excluding hydrogens is 472 g/mol. The topological polar surface area (TPSA) is 115 Å². The van der Waals surface area contributed by atoms with Gasteiger partial charge in [0.25, 0.3) is 5.91 Å². The first-order chi connectivity index (χ1) is 15.2. The fourth-order valence-electron chi connectivity index (χ4n) is 3.61. The van der Waals surface area contributed by atoms with Crippen molar-refractivity contribution < 1.29 is 26.2 Å². The molecule has 170 valence electrons. The zero-order valence-electron chi connectivity index (χ0n) is 17.3. The first-order valence-electron chi connectivity index (χ1n) is 10.0. The summed E-state index contributed by atoms with van der Waals surface area (Å²) in [5.41, 5.74) is 0.658. The molecule has 11 heteroatoms. The molecule has 0 aliphatic carbocycles. The van der Waals surface area contributed by atoms with Crippen LogP contribution in [-0.4, -0.2) is 56.1 Å². The SMILES string of the molecule is CCS(=O)(=O)c1ccc(-c2cc(C(=O)N(Cc3cccs3)C3CCS(=O)(=O)C3)no2)cc1. The molecule has 1 aromatic carbocycles. The number of nitrogens with zero attached hydrogens (tertiary/aromatic N) is 2. The molecule has 0 N–H and O–H groups in total. The van der Waals surface area contributed by atoms with Crippen LogP contribution in [0, 0.1) is 0 Å². The standard InChI is InChI=1S/C21H22N2O6S3/c1-2-32(27,28)18-7-5-15(6-8-18)20-12-19(22-29-20)21(24)23(13-17-4-3-10-30-17)16-9-11-31(25,26)14-16/h3-8,10,12,16H,2,9,11,13-14H2,1H3. The van der Waals surface area contributed by atoms with E-state index in [1.807, 2.05) is 17.5 Å². The van der Waals surface area contributed by atoms with E-state index in [4.69, 9.17) is 4.52 Å². The lowest BCUT2D eigenvalue weighted by Gasteiger charge is -2.26. The van der Waals surface area contributed by atoms with Gasteiger partial charge in [0.2, 0.25) is 0 Å². The van der Waals surface area contributed by atoms with Crippen LogP contribution in [0.4, 0.5) is 0 Å². The Morgan fingerprint density at radius 3 is 2.59 bits per heavy atom. The van der Waals surface area contributed by atoms with Crippen LogP contribution in [0.25, 0.3) is 11.3 Å². The molecular formula is C21H22N2O6S3. The molecule has 1 amide bonds. The van der Waals surface area contributed by atoms with Gasteiger partial charge in [-0.3, -0.25) is 4.79 Å². The van der Waals surface area contributed by atoms with E-state index in [0.29, 0.717) is 24.3 Å². The smallest absolute Gasteiger partial charge is 0.276 e. The summed E-state index contributed by atoms with van der Waals surface area (Å²) < 4.78 is 53.3. The molecule has 1 saturated heterocycles. The maximum atomic E-state index is 13.3. The Balaban J connectivity index is 1.59. The molecule has 1 unspecified atom stereocenters. The number of thiophene rings is 1. The lowest BCUT2D eigenvalue weighted by atomic mass is 10.1. The van der Waals surface area contributed by atoms with E-state index in [-0.39, 0.29) is 27.8 Å². The minimum atomic E-state index is -3.32. The third-order valence-electron chi connectivity index (χ3n) is 5.42. The fraction of sp³-hybridized carbons (Fsp3) is 0.333. The lowest BCUT2D eigenvalue weighted by Crippen LogP contribution is -2.40. The molecule has 1 fully saturated rings. The molecule has 0 radical (unpaired) electrons. The lowest BCUT2D eigenvalue weighted by molar-refractivity contribution is 0.0672. The Hall–Kier alpha value is -2.50. The number of aromatic nitrogens is 1. The van der Waals surface area contributed by atoms with Gasteiger partial charge >= 0.3 is 0 Å². The van der Waals surface area contributed by atoms with Crippen molar-refractivity contribution in [3.63, 3.8) is 0 Å². The maximum Gasteiger partial charge on any atom is 0.276 e. The van der Waals surface area contributed by atoms with Gasteiger partial charge in [0.15, 0.2) is 31.1 Å². The molecule has 0 spiro atoms. The van der Waals surface area contributed by atoms with Crippen LogP contribution >= 0.6 is 11.3 Å². The van der Waals surface area contributed by atoms with E-state index in [1.165, 1.54) is 29.5 Å². The van der Waals surface area contributed by atoms with Gasteiger partial charge in [-0.05, 0) is 42.1 Å². The van der Waals surface area contributed by atoms with Crippen molar-refractivity contribution in [2.75, 3.05) is 17.3 Å². The Labute approximate surface area is 190 Å². The van der Waals surface area contributed by atoms with Crippen molar-refractivity contribution in [3.8, 4) is 11.3 Å². The van der Waals surface area contributed by atoms with Gasteiger partial charge in [0.1, 0.15) is 0 Å². The minimum absolute atomic E-state index is 0.00423. The van der Waals surface area contributed by atoms with Crippen molar-refractivity contribution >= 4 is 36.9 Å². The van der Waals surface area contributed by atoms with Gasteiger partial charge in [-0.1, -0.05) is 18.1 Å². The van der Waals surface area contributed by atoms with Crippen LogP contribution in [0.15, 0.2) is 57.3 Å². The normalized spacial score (nSPS) is 18.0. The van der Waals surface area contributed by atoms with Crippen molar-refractivity contribution in [2.45, 2.75) is 30.8 Å². The molecule has 32 heavy (non-hydrogen) atoms. The monoisotopic (exact) mass is 494 g/mol. The summed E-state index contributed by atoms with van der Waals surface area (Å²) in [5, 5.41) is 5.81. The number of rotatable bonds is 7. The molecule has 2 aromatic heterocycles. The average molecular weight is 495 g/mol. The molecule has 8 nitrogen and oxygen atoms in total. The van der Waals surface area contributed by atoms with Crippen LogP contribution in [0.5, 0.6) is 0 Å². The summed E-state index contributed by atoms with van der Waals surface area (Å²) in [7, 11) is -6.49. The molecule has 1 atom stereocenters. The molecule has 1 aliphatic heterocycles. The number of sulfone groups is 2. The zero-order valence-corrected chi connectivity index (χ0v) is 19.7. The first-order valence-corrected chi connectivity index (χ1v) is 14.4.